The summed E-state index contributed by atoms with van der Waals surface area (Å²) in [4.78, 5) is 0. The highest BCUT2D eigenvalue weighted by Crippen LogP contribution is 2.24. The lowest BCUT2D eigenvalue weighted by Gasteiger charge is -2.07. The van der Waals surface area contributed by atoms with Crippen LogP contribution in [0, 0.1) is 23.3 Å². The third kappa shape index (κ3) is 3.94. The van der Waals surface area contributed by atoms with Crippen LogP contribution in [0.4, 0.5) is 17.6 Å². The molecule has 0 amide bonds. The molecule has 2 N–H and O–H groups in total. The summed E-state index contributed by atoms with van der Waals surface area (Å²) in [7, 11) is 0. The second-order valence-corrected chi connectivity index (χ2v) is 5.30. The van der Waals surface area contributed by atoms with Gasteiger partial charge in [0.2, 0.25) is 11.6 Å². The molecule has 0 aliphatic carbocycles. The van der Waals surface area contributed by atoms with Crippen molar-refractivity contribution in [2.75, 3.05) is 0 Å². The number of phenols is 2. The van der Waals surface area contributed by atoms with Gasteiger partial charge in [-0.25, -0.2) is 8.78 Å². The number of rotatable bonds is 6. The van der Waals surface area contributed by atoms with Gasteiger partial charge in [-0.3, -0.25) is 0 Å². The van der Waals surface area contributed by atoms with Crippen LogP contribution >= 0.6 is 0 Å². The van der Waals surface area contributed by atoms with E-state index in [1.165, 1.54) is 12.1 Å². The Bertz CT molecular complexity index is 642. The van der Waals surface area contributed by atoms with Crippen LogP contribution in [-0.4, -0.2) is 10.2 Å². The van der Waals surface area contributed by atoms with E-state index < -0.39 is 34.8 Å². The number of hydrogen-bond acceptors (Lipinski definition) is 2. The molecule has 0 fully saturated rings. The van der Waals surface area contributed by atoms with E-state index >= 15 is 0 Å². The molecule has 0 saturated carbocycles. The Balaban J connectivity index is 1.83. The molecule has 2 aromatic rings. The molecule has 0 spiro atoms. The second kappa shape index (κ2) is 7.35. The first-order chi connectivity index (χ1) is 10.9. The van der Waals surface area contributed by atoms with Crippen molar-refractivity contribution in [2.24, 2.45) is 0 Å². The van der Waals surface area contributed by atoms with Crippen molar-refractivity contribution in [3.05, 3.63) is 58.7 Å². The molecule has 0 bridgehead atoms. The molecule has 23 heavy (non-hydrogen) atoms. The zero-order valence-electron chi connectivity index (χ0n) is 12.3. The van der Waals surface area contributed by atoms with Crippen molar-refractivity contribution < 1.29 is 27.8 Å². The lowest BCUT2D eigenvalue weighted by atomic mass is 10.0. The fourth-order valence-corrected chi connectivity index (χ4v) is 2.35. The molecule has 2 rings (SSSR count). The molecule has 2 aromatic carbocycles. The van der Waals surface area contributed by atoms with Crippen LogP contribution in [-0.2, 0) is 12.8 Å². The second-order valence-electron chi connectivity index (χ2n) is 5.30. The molecule has 0 aromatic heterocycles. The summed E-state index contributed by atoms with van der Waals surface area (Å²) in [6.45, 7) is 0. The Kier molecular flexibility index (Phi) is 5.47. The average Bonchev–Trinajstić information content (AvgIpc) is 2.54. The van der Waals surface area contributed by atoms with E-state index in [1.807, 2.05) is 0 Å². The van der Waals surface area contributed by atoms with Gasteiger partial charge in [0.1, 0.15) is 0 Å². The molecular formula is C17H16F4O2. The summed E-state index contributed by atoms with van der Waals surface area (Å²) in [6, 6.07) is 4.84. The van der Waals surface area contributed by atoms with E-state index in [0.717, 1.165) is 12.1 Å². The molecule has 0 saturated heterocycles. The minimum Gasteiger partial charge on any atom is -0.505 e. The zero-order valence-corrected chi connectivity index (χ0v) is 12.3. The number of aryl methyl sites for hydroxylation is 2. The first kappa shape index (κ1) is 17.1. The van der Waals surface area contributed by atoms with Gasteiger partial charge >= 0.3 is 0 Å². The van der Waals surface area contributed by atoms with E-state index in [1.54, 1.807) is 0 Å². The van der Waals surface area contributed by atoms with Crippen molar-refractivity contribution in [3.63, 3.8) is 0 Å². The Morgan fingerprint density at radius 2 is 0.957 bits per heavy atom. The Morgan fingerprint density at radius 1 is 0.565 bits per heavy atom. The molecule has 0 aliphatic rings. The number of unbranched alkanes of at least 4 members (excludes halogenated alkanes) is 2. The van der Waals surface area contributed by atoms with Crippen molar-refractivity contribution in [3.8, 4) is 11.5 Å². The standard InChI is InChI=1S/C17H16F4O2/c18-14-10(6-8-12(22)16(14)20)4-2-1-3-5-11-7-9-13(23)17(21)15(11)19/h6-9,22-23H,1-5H2. The van der Waals surface area contributed by atoms with Crippen LogP contribution in [0.15, 0.2) is 24.3 Å². The summed E-state index contributed by atoms with van der Waals surface area (Å²) in [5.74, 6) is -6.09. The van der Waals surface area contributed by atoms with Crippen molar-refractivity contribution in [1.29, 1.82) is 0 Å². The van der Waals surface area contributed by atoms with E-state index in [9.17, 15) is 17.6 Å². The SMILES string of the molecule is Oc1ccc(CCCCCc2ccc(O)c(F)c2F)c(F)c1F. The Morgan fingerprint density at radius 3 is 1.35 bits per heavy atom. The summed E-state index contributed by atoms with van der Waals surface area (Å²) in [5, 5.41) is 18.1. The average molecular weight is 328 g/mol. The molecule has 0 atom stereocenters. The van der Waals surface area contributed by atoms with Crippen molar-refractivity contribution in [2.45, 2.75) is 32.1 Å². The predicted octanol–water partition coefficient (Wildman–Crippen LogP) is 4.61. The number of hydrogen-bond donors (Lipinski definition) is 2. The van der Waals surface area contributed by atoms with Crippen LogP contribution < -0.4 is 0 Å². The maximum absolute atomic E-state index is 13.5. The number of benzene rings is 2. The van der Waals surface area contributed by atoms with Gasteiger partial charge in [0.15, 0.2) is 23.1 Å². The van der Waals surface area contributed by atoms with Gasteiger partial charge in [0.05, 0.1) is 0 Å². The zero-order chi connectivity index (χ0) is 17.0. The summed E-state index contributed by atoms with van der Waals surface area (Å²) < 4.78 is 53.4. The fourth-order valence-electron chi connectivity index (χ4n) is 2.35. The minimum absolute atomic E-state index is 0.169. The molecule has 0 aliphatic heterocycles. The smallest absolute Gasteiger partial charge is 0.200 e. The van der Waals surface area contributed by atoms with Gasteiger partial charge in [0, 0.05) is 0 Å². The van der Waals surface area contributed by atoms with Crippen LogP contribution in [0.5, 0.6) is 11.5 Å². The number of phenolic OH excluding ortho intramolecular Hbond substituents is 2. The van der Waals surface area contributed by atoms with Crippen molar-refractivity contribution in [1.82, 2.24) is 0 Å². The summed E-state index contributed by atoms with van der Waals surface area (Å²) in [5.41, 5.74) is 0.337. The highest BCUT2D eigenvalue weighted by molar-refractivity contribution is 5.30. The quantitative estimate of drug-likeness (QED) is 0.600. The number of halogens is 4. The number of aromatic hydroxyl groups is 2. The lowest BCUT2D eigenvalue weighted by Crippen LogP contribution is -1.97. The lowest BCUT2D eigenvalue weighted by molar-refractivity contribution is 0.403. The van der Waals surface area contributed by atoms with E-state index in [0.29, 0.717) is 19.3 Å². The molecule has 0 radical (unpaired) electrons. The fraction of sp³-hybridized carbons (Fsp3) is 0.294. The van der Waals surface area contributed by atoms with Crippen LogP contribution in [0.2, 0.25) is 0 Å². The largest absolute Gasteiger partial charge is 0.505 e. The topological polar surface area (TPSA) is 40.5 Å². The highest BCUT2D eigenvalue weighted by atomic mass is 19.2. The maximum atomic E-state index is 13.5. The van der Waals surface area contributed by atoms with E-state index in [4.69, 9.17) is 10.2 Å². The normalized spacial score (nSPS) is 11.0. The molecular weight excluding hydrogens is 312 g/mol. The summed E-state index contributed by atoms with van der Waals surface area (Å²) >= 11 is 0. The highest BCUT2D eigenvalue weighted by Gasteiger charge is 2.13. The van der Waals surface area contributed by atoms with E-state index in [2.05, 4.69) is 0 Å². The van der Waals surface area contributed by atoms with Crippen LogP contribution in [0.3, 0.4) is 0 Å². The Labute approximate surface area is 131 Å². The molecule has 124 valence electrons. The Hall–Kier alpha value is -2.24. The third-order valence-corrected chi connectivity index (χ3v) is 3.68. The first-order valence-corrected chi connectivity index (χ1v) is 7.23. The van der Waals surface area contributed by atoms with Crippen LogP contribution in [0.1, 0.15) is 30.4 Å². The van der Waals surface area contributed by atoms with Gasteiger partial charge in [-0.1, -0.05) is 18.6 Å². The molecule has 0 unspecified atom stereocenters. The molecule has 0 heterocycles. The van der Waals surface area contributed by atoms with E-state index in [-0.39, 0.29) is 24.0 Å². The predicted molar refractivity (Wildman–Crippen MR) is 77.3 cm³/mol. The van der Waals surface area contributed by atoms with Gasteiger partial charge in [-0.05, 0) is 48.9 Å². The molecule has 6 heteroatoms. The van der Waals surface area contributed by atoms with Crippen LogP contribution in [0.25, 0.3) is 0 Å². The third-order valence-electron chi connectivity index (χ3n) is 3.68. The van der Waals surface area contributed by atoms with Gasteiger partial charge in [-0.2, -0.15) is 8.78 Å². The monoisotopic (exact) mass is 328 g/mol. The minimum atomic E-state index is -1.26. The van der Waals surface area contributed by atoms with Gasteiger partial charge in [0.25, 0.3) is 0 Å². The first-order valence-electron chi connectivity index (χ1n) is 7.23. The summed E-state index contributed by atoms with van der Waals surface area (Å²) in [6.07, 6.45) is 2.28. The van der Waals surface area contributed by atoms with Crippen molar-refractivity contribution >= 4 is 0 Å². The van der Waals surface area contributed by atoms with Gasteiger partial charge < -0.3 is 10.2 Å². The molecule has 2 nitrogen and oxygen atoms in total. The maximum Gasteiger partial charge on any atom is 0.200 e. The van der Waals surface area contributed by atoms with Gasteiger partial charge in [-0.15, -0.1) is 0 Å².